The molecule has 2 rings (SSSR count). The molecule has 1 amide bonds. The maximum atomic E-state index is 12.0. The molecule has 0 atom stereocenters. The number of ether oxygens (including phenoxy) is 1. The van der Waals surface area contributed by atoms with Crippen LogP contribution in [0.15, 0.2) is 24.3 Å². The minimum Gasteiger partial charge on any atom is -0.444 e. The van der Waals surface area contributed by atoms with Crippen molar-refractivity contribution >= 4 is 6.09 Å². The fraction of sp³-hybridized carbons (Fsp3) is 0.611. The number of amides is 1. The van der Waals surface area contributed by atoms with Gasteiger partial charge in [-0.05, 0) is 57.1 Å². The van der Waals surface area contributed by atoms with Crippen LogP contribution in [0, 0.1) is 0 Å². The van der Waals surface area contributed by atoms with Crippen molar-refractivity contribution < 1.29 is 9.53 Å². The summed E-state index contributed by atoms with van der Waals surface area (Å²) < 4.78 is 5.44. The van der Waals surface area contributed by atoms with E-state index >= 15 is 0 Å². The molecule has 1 aromatic carbocycles. The largest absolute Gasteiger partial charge is 0.444 e. The molecule has 1 aromatic rings. The van der Waals surface area contributed by atoms with Crippen LogP contribution in [0.2, 0.25) is 0 Å². The maximum Gasteiger partial charge on any atom is 0.410 e. The van der Waals surface area contributed by atoms with Gasteiger partial charge in [0.25, 0.3) is 0 Å². The van der Waals surface area contributed by atoms with Gasteiger partial charge >= 0.3 is 6.09 Å². The molecular weight excluding hydrogens is 262 g/mol. The lowest BCUT2D eigenvalue weighted by Crippen LogP contribution is -2.41. The van der Waals surface area contributed by atoms with Crippen molar-refractivity contribution in [2.24, 2.45) is 0 Å². The summed E-state index contributed by atoms with van der Waals surface area (Å²) in [5.74, 6) is 0.564. The first-order valence-corrected chi connectivity index (χ1v) is 7.96. The third-order valence-corrected chi connectivity index (χ3v) is 4.01. The fourth-order valence-corrected chi connectivity index (χ4v) is 2.75. The lowest BCUT2D eigenvalue weighted by Gasteiger charge is -2.33. The Morgan fingerprint density at radius 1 is 1.19 bits per heavy atom. The van der Waals surface area contributed by atoms with Crippen molar-refractivity contribution in [2.75, 3.05) is 13.1 Å². The van der Waals surface area contributed by atoms with Crippen molar-refractivity contribution in [1.82, 2.24) is 4.90 Å². The Morgan fingerprint density at radius 2 is 1.76 bits per heavy atom. The predicted molar refractivity (Wildman–Crippen MR) is 85.6 cm³/mol. The maximum absolute atomic E-state index is 12.0. The van der Waals surface area contributed by atoms with Crippen LogP contribution in [0.1, 0.15) is 57.6 Å². The van der Waals surface area contributed by atoms with Gasteiger partial charge in [-0.15, -0.1) is 0 Å². The van der Waals surface area contributed by atoms with Crippen LogP contribution in [0.3, 0.4) is 0 Å². The number of hydrogen-bond donors (Lipinski definition) is 0. The van der Waals surface area contributed by atoms with Gasteiger partial charge in [-0.3, -0.25) is 0 Å². The van der Waals surface area contributed by atoms with Crippen molar-refractivity contribution in [3.63, 3.8) is 0 Å². The highest BCUT2D eigenvalue weighted by Gasteiger charge is 2.27. The molecule has 0 aliphatic carbocycles. The van der Waals surface area contributed by atoms with Crippen molar-refractivity contribution in [1.29, 1.82) is 0 Å². The molecular formula is C18H27NO2. The number of likely N-dealkylation sites (tertiary alicyclic amines) is 1. The van der Waals surface area contributed by atoms with E-state index in [-0.39, 0.29) is 6.09 Å². The van der Waals surface area contributed by atoms with Crippen LogP contribution in [0.5, 0.6) is 0 Å². The number of carbonyl (C=O) groups excluding carboxylic acids is 1. The molecule has 0 spiro atoms. The highest BCUT2D eigenvalue weighted by atomic mass is 16.6. The molecule has 3 nitrogen and oxygen atoms in total. The molecule has 3 heteroatoms. The second-order valence-corrected chi connectivity index (χ2v) is 6.84. The van der Waals surface area contributed by atoms with Gasteiger partial charge in [-0.25, -0.2) is 4.79 Å². The van der Waals surface area contributed by atoms with E-state index in [2.05, 4.69) is 31.2 Å². The number of aryl methyl sites for hydroxylation is 1. The Labute approximate surface area is 128 Å². The number of rotatable bonds is 2. The number of carbonyl (C=O) groups is 1. The Morgan fingerprint density at radius 3 is 2.24 bits per heavy atom. The molecule has 0 N–H and O–H groups in total. The van der Waals surface area contributed by atoms with Crippen LogP contribution in [0.4, 0.5) is 4.79 Å². The second kappa shape index (κ2) is 6.50. The quantitative estimate of drug-likeness (QED) is 0.809. The topological polar surface area (TPSA) is 29.5 Å². The molecule has 116 valence electrons. The van der Waals surface area contributed by atoms with Crippen LogP contribution in [-0.4, -0.2) is 29.7 Å². The van der Waals surface area contributed by atoms with E-state index in [1.165, 1.54) is 11.1 Å². The first-order valence-electron chi connectivity index (χ1n) is 7.96. The number of nitrogens with zero attached hydrogens (tertiary/aromatic N) is 1. The lowest BCUT2D eigenvalue weighted by molar-refractivity contribution is 0.0205. The fourth-order valence-electron chi connectivity index (χ4n) is 2.75. The molecule has 0 unspecified atom stereocenters. The van der Waals surface area contributed by atoms with E-state index in [1.807, 2.05) is 25.7 Å². The molecule has 21 heavy (non-hydrogen) atoms. The molecule has 1 saturated heterocycles. The molecule has 1 fully saturated rings. The molecule has 0 aromatic heterocycles. The van der Waals surface area contributed by atoms with Crippen molar-refractivity contribution in [2.45, 2.75) is 58.5 Å². The molecule has 1 heterocycles. The monoisotopic (exact) mass is 289 g/mol. The van der Waals surface area contributed by atoms with Crippen LogP contribution in [0.25, 0.3) is 0 Å². The summed E-state index contributed by atoms with van der Waals surface area (Å²) >= 11 is 0. The van der Waals surface area contributed by atoms with E-state index < -0.39 is 5.60 Å². The van der Waals surface area contributed by atoms with Gasteiger partial charge < -0.3 is 9.64 Å². The summed E-state index contributed by atoms with van der Waals surface area (Å²) in [6.45, 7) is 9.48. The third-order valence-electron chi connectivity index (χ3n) is 4.01. The van der Waals surface area contributed by atoms with Gasteiger partial charge in [0, 0.05) is 13.1 Å². The standard InChI is InChI=1S/C18H27NO2/c1-5-14-6-8-15(9-7-14)16-10-12-19(13-11-16)17(20)21-18(2,3)4/h6-9,16H,5,10-13H2,1-4H3. The SMILES string of the molecule is CCc1ccc(C2CCN(C(=O)OC(C)(C)C)CC2)cc1. The first-order chi connectivity index (χ1) is 9.89. The smallest absolute Gasteiger partial charge is 0.410 e. The third kappa shape index (κ3) is 4.48. The zero-order chi connectivity index (χ0) is 15.5. The second-order valence-electron chi connectivity index (χ2n) is 6.84. The van der Waals surface area contributed by atoms with E-state index in [0.717, 1.165) is 32.4 Å². The average molecular weight is 289 g/mol. The summed E-state index contributed by atoms with van der Waals surface area (Å²) in [6.07, 6.45) is 2.94. The van der Waals surface area contributed by atoms with Crippen LogP contribution < -0.4 is 0 Å². The summed E-state index contributed by atoms with van der Waals surface area (Å²) in [7, 11) is 0. The van der Waals surface area contributed by atoms with Gasteiger partial charge in [0.15, 0.2) is 0 Å². The first kappa shape index (κ1) is 15.9. The zero-order valence-corrected chi connectivity index (χ0v) is 13.7. The van der Waals surface area contributed by atoms with Gasteiger partial charge in [0.1, 0.15) is 5.60 Å². The number of hydrogen-bond acceptors (Lipinski definition) is 2. The van der Waals surface area contributed by atoms with Crippen molar-refractivity contribution in [3.8, 4) is 0 Å². The van der Waals surface area contributed by atoms with E-state index in [9.17, 15) is 4.79 Å². The van der Waals surface area contributed by atoms with Gasteiger partial charge in [-0.1, -0.05) is 31.2 Å². The highest BCUT2D eigenvalue weighted by molar-refractivity contribution is 5.68. The summed E-state index contributed by atoms with van der Waals surface area (Å²) in [5.41, 5.74) is 2.37. The molecule has 0 radical (unpaired) electrons. The number of benzene rings is 1. The van der Waals surface area contributed by atoms with E-state index in [0.29, 0.717) is 5.92 Å². The minimum atomic E-state index is -0.413. The summed E-state index contributed by atoms with van der Waals surface area (Å²) in [5, 5.41) is 0. The van der Waals surface area contributed by atoms with Gasteiger partial charge in [0.05, 0.1) is 0 Å². The van der Waals surface area contributed by atoms with Gasteiger partial charge in [0.2, 0.25) is 0 Å². The zero-order valence-electron chi connectivity index (χ0n) is 13.7. The Balaban J connectivity index is 1.89. The predicted octanol–water partition coefficient (Wildman–Crippen LogP) is 4.36. The van der Waals surface area contributed by atoms with E-state index in [4.69, 9.17) is 4.74 Å². The van der Waals surface area contributed by atoms with E-state index in [1.54, 1.807) is 0 Å². The highest BCUT2D eigenvalue weighted by Crippen LogP contribution is 2.29. The molecule has 1 aliphatic heterocycles. The van der Waals surface area contributed by atoms with Crippen molar-refractivity contribution in [3.05, 3.63) is 35.4 Å². The molecule has 0 bridgehead atoms. The number of piperidine rings is 1. The minimum absolute atomic E-state index is 0.178. The normalized spacial score (nSPS) is 16.9. The van der Waals surface area contributed by atoms with Gasteiger partial charge in [-0.2, -0.15) is 0 Å². The Hall–Kier alpha value is -1.51. The lowest BCUT2D eigenvalue weighted by atomic mass is 9.89. The molecule has 1 aliphatic rings. The summed E-state index contributed by atoms with van der Waals surface area (Å²) in [6, 6.07) is 8.92. The average Bonchev–Trinajstić information content (AvgIpc) is 2.46. The van der Waals surface area contributed by atoms with Crippen LogP contribution >= 0.6 is 0 Å². The summed E-state index contributed by atoms with van der Waals surface area (Å²) in [4.78, 5) is 13.9. The molecule has 0 saturated carbocycles. The van der Waals surface area contributed by atoms with Crippen LogP contribution in [-0.2, 0) is 11.2 Å². The Bertz CT molecular complexity index is 465. The Kier molecular flexibility index (Phi) is 4.92.